The SMILES string of the molecule is O=C(COC(=O)c1ccccc1[N+](=O)[O-])NCCc1cccs1. The molecule has 0 radical (unpaired) electrons. The second kappa shape index (κ2) is 8.04. The van der Waals surface area contributed by atoms with Crippen molar-refractivity contribution in [1.29, 1.82) is 0 Å². The number of benzene rings is 1. The highest BCUT2D eigenvalue weighted by molar-refractivity contribution is 7.09. The van der Waals surface area contributed by atoms with E-state index in [2.05, 4.69) is 5.32 Å². The van der Waals surface area contributed by atoms with Crippen LogP contribution >= 0.6 is 11.3 Å². The molecule has 0 saturated carbocycles. The number of thiophene rings is 1. The monoisotopic (exact) mass is 334 g/mol. The summed E-state index contributed by atoms with van der Waals surface area (Å²) >= 11 is 1.59. The normalized spacial score (nSPS) is 10.1. The molecular formula is C15H14N2O5S. The van der Waals surface area contributed by atoms with Gasteiger partial charge in [0.05, 0.1) is 4.92 Å². The number of hydrogen-bond donors (Lipinski definition) is 1. The van der Waals surface area contributed by atoms with Gasteiger partial charge in [-0.15, -0.1) is 11.3 Å². The second-order valence-corrected chi connectivity index (χ2v) is 5.56. The molecule has 0 atom stereocenters. The quantitative estimate of drug-likeness (QED) is 0.475. The molecule has 120 valence electrons. The smallest absolute Gasteiger partial charge is 0.345 e. The van der Waals surface area contributed by atoms with Gasteiger partial charge >= 0.3 is 5.97 Å². The highest BCUT2D eigenvalue weighted by Crippen LogP contribution is 2.18. The molecule has 0 aliphatic heterocycles. The number of nitro benzene ring substituents is 1. The minimum absolute atomic E-state index is 0.177. The molecule has 0 saturated heterocycles. The molecule has 1 N–H and O–H groups in total. The zero-order chi connectivity index (χ0) is 16.7. The van der Waals surface area contributed by atoms with Gasteiger partial charge in [-0.25, -0.2) is 4.79 Å². The van der Waals surface area contributed by atoms with Crippen LogP contribution in [0, 0.1) is 10.1 Å². The fourth-order valence-corrected chi connectivity index (χ4v) is 2.55. The third kappa shape index (κ3) is 4.89. The Morgan fingerprint density at radius 1 is 1.22 bits per heavy atom. The van der Waals surface area contributed by atoms with Crippen LogP contribution in [-0.2, 0) is 16.0 Å². The Kier molecular flexibility index (Phi) is 5.81. The summed E-state index contributed by atoms with van der Waals surface area (Å²) in [5, 5.41) is 15.4. The first kappa shape index (κ1) is 16.6. The number of carbonyl (C=O) groups is 2. The molecule has 0 aliphatic carbocycles. The maximum atomic E-state index is 11.8. The van der Waals surface area contributed by atoms with Gasteiger partial charge in [-0.05, 0) is 23.9 Å². The fourth-order valence-electron chi connectivity index (χ4n) is 1.85. The van der Waals surface area contributed by atoms with E-state index in [1.165, 1.54) is 24.3 Å². The van der Waals surface area contributed by atoms with E-state index in [1.807, 2.05) is 17.5 Å². The van der Waals surface area contributed by atoms with Crippen LogP contribution in [0.3, 0.4) is 0 Å². The maximum Gasteiger partial charge on any atom is 0.345 e. The Morgan fingerprint density at radius 3 is 2.70 bits per heavy atom. The van der Waals surface area contributed by atoms with Crippen molar-refractivity contribution in [2.24, 2.45) is 0 Å². The minimum Gasteiger partial charge on any atom is -0.452 e. The molecule has 0 bridgehead atoms. The average molecular weight is 334 g/mol. The number of carbonyl (C=O) groups excluding carboxylic acids is 2. The Hall–Kier alpha value is -2.74. The Balaban J connectivity index is 1.80. The Labute approximate surface area is 136 Å². The van der Waals surface area contributed by atoms with Crippen LogP contribution in [0.1, 0.15) is 15.2 Å². The molecule has 1 amide bonds. The standard InChI is InChI=1S/C15H14N2O5S/c18-14(16-8-7-11-4-3-9-23-11)10-22-15(19)12-5-1-2-6-13(12)17(20)21/h1-6,9H,7-8,10H2,(H,16,18). The molecule has 23 heavy (non-hydrogen) atoms. The van der Waals surface area contributed by atoms with Crippen molar-refractivity contribution in [3.05, 3.63) is 62.3 Å². The van der Waals surface area contributed by atoms with E-state index >= 15 is 0 Å². The van der Waals surface area contributed by atoms with Crippen molar-refractivity contribution < 1.29 is 19.2 Å². The molecule has 0 fully saturated rings. The largest absolute Gasteiger partial charge is 0.452 e. The lowest BCUT2D eigenvalue weighted by atomic mass is 10.2. The van der Waals surface area contributed by atoms with Crippen molar-refractivity contribution in [3.63, 3.8) is 0 Å². The highest BCUT2D eigenvalue weighted by Gasteiger charge is 2.21. The molecule has 0 unspecified atom stereocenters. The van der Waals surface area contributed by atoms with Crippen LogP contribution in [0.25, 0.3) is 0 Å². The third-order valence-corrected chi connectivity index (χ3v) is 3.86. The number of hydrogen-bond acceptors (Lipinski definition) is 6. The van der Waals surface area contributed by atoms with E-state index in [1.54, 1.807) is 11.3 Å². The summed E-state index contributed by atoms with van der Waals surface area (Å²) in [4.78, 5) is 34.7. The van der Waals surface area contributed by atoms with E-state index in [0.717, 1.165) is 4.88 Å². The summed E-state index contributed by atoms with van der Waals surface area (Å²) in [5.74, 6) is -1.35. The lowest BCUT2D eigenvalue weighted by molar-refractivity contribution is -0.385. The van der Waals surface area contributed by atoms with E-state index in [9.17, 15) is 19.7 Å². The molecule has 0 spiro atoms. The summed E-state index contributed by atoms with van der Waals surface area (Å²) in [6, 6.07) is 9.32. The molecule has 1 aromatic carbocycles. The van der Waals surface area contributed by atoms with Gasteiger partial charge in [-0.2, -0.15) is 0 Å². The van der Waals surface area contributed by atoms with Crippen LogP contribution in [0.2, 0.25) is 0 Å². The molecule has 8 heteroatoms. The zero-order valence-corrected chi connectivity index (χ0v) is 12.9. The summed E-state index contributed by atoms with van der Waals surface area (Å²) in [6.45, 7) is -0.0439. The predicted octanol–water partition coefficient (Wildman–Crippen LogP) is 2.17. The fraction of sp³-hybridized carbons (Fsp3) is 0.200. The lowest BCUT2D eigenvalue weighted by Crippen LogP contribution is -2.30. The van der Waals surface area contributed by atoms with E-state index in [0.29, 0.717) is 13.0 Å². The molecule has 2 rings (SSSR count). The van der Waals surface area contributed by atoms with Crippen molar-refractivity contribution >= 4 is 28.9 Å². The van der Waals surface area contributed by atoms with Crippen molar-refractivity contribution in [3.8, 4) is 0 Å². The molecular weight excluding hydrogens is 320 g/mol. The number of ether oxygens (including phenoxy) is 1. The lowest BCUT2D eigenvalue weighted by Gasteiger charge is -2.06. The van der Waals surface area contributed by atoms with Crippen molar-refractivity contribution in [2.45, 2.75) is 6.42 Å². The molecule has 0 aliphatic rings. The van der Waals surface area contributed by atoms with Gasteiger partial charge in [-0.1, -0.05) is 18.2 Å². The molecule has 1 aromatic heterocycles. The molecule has 2 aromatic rings. The van der Waals surface area contributed by atoms with Crippen LogP contribution in [0.15, 0.2) is 41.8 Å². The van der Waals surface area contributed by atoms with Gasteiger partial charge in [0.25, 0.3) is 11.6 Å². The first-order chi connectivity index (χ1) is 11.1. The minimum atomic E-state index is -0.897. The first-order valence-corrected chi connectivity index (χ1v) is 7.65. The number of amides is 1. The van der Waals surface area contributed by atoms with Crippen LogP contribution in [0.5, 0.6) is 0 Å². The number of esters is 1. The predicted molar refractivity (Wildman–Crippen MR) is 84.4 cm³/mol. The number of nitro groups is 1. The number of nitrogens with one attached hydrogen (secondary N) is 1. The van der Waals surface area contributed by atoms with Crippen molar-refractivity contribution in [1.82, 2.24) is 5.32 Å². The van der Waals surface area contributed by atoms with Gasteiger partial charge in [0.2, 0.25) is 0 Å². The number of para-hydroxylation sites is 1. The van der Waals surface area contributed by atoms with Crippen LogP contribution in [0.4, 0.5) is 5.69 Å². The van der Waals surface area contributed by atoms with Crippen LogP contribution < -0.4 is 5.32 Å². The van der Waals surface area contributed by atoms with Gasteiger partial charge < -0.3 is 10.1 Å². The summed E-state index contributed by atoms with van der Waals surface area (Å²) in [7, 11) is 0. The van der Waals surface area contributed by atoms with Gasteiger partial charge in [-0.3, -0.25) is 14.9 Å². The topological polar surface area (TPSA) is 98.5 Å². The second-order valence-electron chi connectivity index (χ2n) is 4.53. The Bertz CT molecular complexity index is 700. The van der Waals surface area contributed by atoms with E-state index in [4.69, 9.17) is 4.74 Å². The van der Waals surface area contributed by atoms with Gasteiger partial charge in [0.15, 0.2) is 6.61 Å². The summed E-state index contributed by atoms with van der Waals surface area (Å²) < 4.78 is 4.82. The highest BCUT2D eigenvalue weighted by atomic mass is 32.1. The van der Waals surface area contributed by atoms with Gasteiger partial charge in [0.1, 0.15) is 5.56 Å². The summed E-state index contributed by atoms with van der Waals surface area (Å²) in [5.41, 5.74) is -0.528. The number of rotatable bonds is 7. The maximum absolute atomic E-state index is 11.8. The van der Waals surface area contributed by atoms with E-state index < -0.39 is 23.4 Å². The average Bonchev–Trinajstić information content (AvgIpc) is 3.06. The molecule has 7 nitrogen and oxygen atoms in total. The van der Waals surface area contributed by atoms with Crippen molar-refractivity contribution in [2.75, 3.05) is 13.2 Å². The Morgan fingerprint density at radius 2 is 2.00 bits per heavy atom. The van der Waals surface area contributed by atoms with E-state index in [-0.39, 0.29) is 11.3 Å². The summed E-state index contributed by atoms with van der Waals surface area (Å²) in [6.07, 6.45) is 0.696. The van der Waals surface area contributed by atoms with Crippen LogP contribution in [-0.4, -0.2) is 30.0 Å². The zero-order valence-electron chi connectivity index (χ0n) is 12.1. The molecule has 1 heterocycles. The number of nitrogens with zero attached hydrogens (tertiary/aromatic N) is 1. The van der Waals surface area contributed by atoms with Gasteiger partial charge in [0, 0.05) is 17.5 Å². The third-order valence-electron chi connectivity index (χ3n) is 2.93. The first-order valence-electron chi connectivity index (χ1n) is 6.77.